The van der Waals surface area contributed by atoms with Crippen molar-refractivity contribution in [1.29, 1.82) is 0 Å². The molecule has 0 radical (unpaired) electrons. The maximum atomic E-state index is 13.1. The highest BCUT2D eigenvalue weighted by Crippen LogP contribution is 2.18. The lowest BCUT2D eigenvalue weighted by atomic mass is 10.0. The van der Waals surface area contributed by atoms with Gasteiger partial charge in [-0.3, -0.25) is 4.79 Å². The van der Waals surface area contributed by atoms with E-state index in [2.05, 4.69) is 12.1 Å². The first-order valence-corrected chi connectivity index (χ1v) is 11.5. The molecule has 5 nitrogen and oxygen atoms in total. The van der Waals surface area contributed by atoms with Crippen LogP contribution in [0.25, 0.3) is 6.08 Å². The highest BCUT2D eigenvalue weighted by Gasteiger charge is 2.14. The summed E-state index contributed by atoms with van der Waals surface area (Å²) in [5.74, 6) is -0.538. The third-order valence-electron chi connectivity index (χ3n) is 5.66. The second-order valence-electron chi connectivity index (χ2n) is 8.31. The van der Waals surface area contributed by atoms with E-state index in [0.29, 0.717) is 23.6 Å². The van der Waals surface area contributed by atoms with Crippen LogP contribution in [-0.4, -0.2) is 27.5 Å². The quantitative estimate of drug-likeness (QED) is 0.297. The molecule has 0 saturated heterocycles. The van der Waals surface area contributed by atoms with E-state index >= 15 is 0 Å². The number of nitrogens with zero attached hydrogens (tertiary/aromatic N) is 1. The number of allylic oxidation sites excluding steroid dienone is 1. The maximum Gasteiger partial charge on any atom is 0.344 e. The number of carboxylic acids is 1. The largest absolute Gasteiger partial charge is 0.479 e. The Hall–Kier alpha value is -4.38. The summed E-state index contributed by atoms with van der Waals surface area (Å²) in [4.78, 5) is 24.1. The Morgan fingerprint density at radius 1 is 0.914 bits per heavy atom. The Balaban J connectivity index is 1.40. The predicted octanol–water partition coefficient (Wildman–Crippen LogP) is 5.88. The first-order chi connectivity index (χ1) is 17.0. The molecule has 0 aliphatic carbocycles. The number of aromatic nitrogens is 1. The highest BCUT2D eigenvalue weighted by molar-refractivity contribution is 6.08. The fourth-order valence-electron chi connectivity index (χ4n) is 3.78. The average Bonchev–Trinajstić information content (AvgIpc) is 3.33. The predicted molar refractivity (Wildman–Crippen MR) is 137 cm³/mol. The molecule has 4 rings (SSSR count). The fourth-order valence-corrected chi connectivity index (χ4v) is 3.78. The summed E-state index contributed by atoms with van der Waals surface area (Å²) >= 11 is 0. The highest BCUT2D eigenvalue weighted by atomic mass is 16.5. The molecule has 1 N–H and O–H groups in total. The number of carbonyl (C=O) groups excluding carboxylic acids is 1. The van der Waals surface area contributed by atoms with Crippen LogP contribution in [0.15, 0.2) is 103 Å². The van der Waals surface area contributed by atoms with Crippen LogP contribution in [0.3, 0.4) is 0 Å². The molecule has 3 aromatic carbocycles. The number of ketones is 1. The number of ether oxygens (including phenoxy) is 1. The molecule has 176 valence electrons. The van der Waals surface area contributed by atoms with Crippen LogP contribution in [0.4, 0.5) is 0 Å². The molecule has 5 heteroatoms. The van der Waals surface area contributed by atoms with E-state index in [9.17, 15) is 9.59 Å². The number of carboxylic acid groups (broad SMARTS) is 1. The molecule has 0 fully saturated rings. The summed E-state index contributed by atoms with van der Waals surface area (Å²) in [6.45, 7) is 2.02. The zero-order valence-electron chi connectivity index (χ0n) is 19.5. The van der Waals surface area contributed by atoms with Crippen LogP contribution in [0, 0.1) is 0 Å². The van der Waals surface area contributed by atoms with E-state index in [1.54, 1.807) is 12.1 Å². The number of aliphatic carboxylic acids is 1. The minimum atomic E-state index is -1.01. The third kappa shape index (κ3) is 6.36. The summed E-state index contributed by atoms with van der Waals surface area (Å²) in [6, 6.07) is 29.0. The van der Waals surface area contributed by atoms with Gasteiger partial charge in [0.1, 0.15) is 5.75 Å². The smallest absolute Gasteiger partial charge is 0.344 e. The van der Waals surface area contributed by atoms with Crippen molar-refractivity contribution < 1.29 is 19.4 Å². The van der Waals surface area contributed by atoms with Gasteiger partial charge in [-0.05, 0) is 54.3 Å². The van der Waals surface area contributed by atoms with Crippen LogP contribution in [0.5, 0.6) is 5.75 Å². The molecular weight excluding hydrogens is 438 g/mol. The first-order valence-electron chi connectivity index (χ1n) is 11.5. The second kappa shape index (κ2) is 11.2. The van der Waals surface area contributed by atoms with Gasteiger partial charge in [-0.25, -0.2) is 4.79 Å². The Morgan fingerprint density at radius 2 is 1.66 bits per heavy atom. The summed E-state index contributed by atoms with van der Waals surface area (Å²) < 4.78 is 7.33. The van der Waals surface area contributed by atoms with Crippen LogP contribution in [-0.2, 0) is 17.8 Å². The topological polar surface area (TPSA) is 68.5 Å². The lowest BCUT2D eigenvalue weighted by molar-refractivity contribution is -0.144. The van der Waals surface area contributed by atoms with Crippen LogP contribution in [0.1, 0.15) is 39.7 Å². The maximum absolute atomic E-state index is 13.1. The van der Waals surface area contributed by atoms with Crippen molar-refractivity contribution in [2.75, 3.05) is 0 Å². The standard InChI is InChI=1S/C30H27NO4/c1-22(30(33)34)35-27-12-5-10-24(21-27)11-6-18-31-19-7-13-28(31)29(32)26-16-14-25(15-17-26)20-23-8-3-2-4-9-23/h2-17,19,21-22H,18,20H2,1H3,(H,33,34)/b11-6+. The van der Waals surface area contributed by atoms with E-state index in [4.69, 9.17) is 9.84 Å². The molecule has 0 aliphatic rings. The third-order valence-corrected chi connectivity index (χ3v) is 5.66. The molecule has 1 heterocycles. The van der Waals surface area contributed by atoms with Crippen LogP contribution < -0.4 is 4.74 Å². The molecule has 4 aromatic rings. The van der Waals surface area contributed by atoms with Crippen molar-refractivity contribution in [3.8, 4) is 5.75 Å². The van der Waals surface area contributed by atoms with Gasteiger partial charge < -0.3 is 14.4 Å². The van der Waals surface area contributed by atoms with E-state index < -0.39 is 12.1 Å². The zero-order chi connectivity index (χ0) is 24.6. The van der Waals surface area contributed by atoms with Crippen LogP contribution in [0.2, 0.25) is 0 Å². The molecule has 1 unspecified atom stereocenters. The molecule has 0 saturated carbocycles. The molecule has 0 spiro atoms. The van der Waals surface area contributed by atoms with E-state index in [1.807, 2.05) is 89.6 Å². The van der Waals surface area contributed by atoms with Gasteiger partial charge >= 0.3 is 5.97 Å². The molecule has 0 aliphatic heterocycles. The first kappa shape index (κ1) is 23.8. The monoisotopic (exact) mass is 465 g/mol. The Bertz CT molecular complexity index is 1320. The minimum Gasteiger partial charge on any atom is -0.479 e. The normalized spacial score (nSPS) is 11.9. The van der Waals surface area contributed by atoms with Crippen molar-refractivity contribution in [1.82, 2.24) is 4.57 Å². The molecular formula is C30H27NO4. The van der Waals surface area contributed by atoms with E-state index in [1.165, 1.54) is 12.5 Å². The molecule has 35 heavy (non-hydrogen) atoms. The summed E-state index contributed by atoms with van der Waals surface area (Å²) in [7, 11) is 0. The van der Waals surface area contributed by atoms with Crippen molar-refractivity contribution in [2.45, 2.75) is 26.0 Å². The van der Waals surface area contributed by atoms with Gasteiger partial charge in [0.15, 0.2) is 6.10 Å². The number of rotatable bonds is 10. The van der Waals surface area contributed by atoms with Gasteiger partial charge in [0.25, 0.3) is 0 Å². The van der Waals surface area contributed by atoms with Gasteiger partial charge in [0.2, 0.25) is 5.78 Å². The lowest BCUT2D eigenvalue weighted by Crippen LogP contribution is -2.22. The molecule has 1 aromatic heterocycles. The zero-order valence-corrected chi connectivity index (χ0v) is 19.5. The number of benzene rings is 3. The SMILES string of the molecule is CC(Oc1cccc(/C=C/Cn2cccc2C(=O)c2ccc(Cc3ccccc3)cc2)c1)C(=O)O. The molecule has 0 bridgehead atoms. The lowest BCUT2D eigenvalue weighted by Gasteiger charge is -2.10. The summed E-state index contributed by atoms with van der Waals surface area (Å²) in [5, 5.41) is 9.02. The van der Waals surface area contributed by atoms with Crippen LogP contribution >= 0.6 is 0 Å². The number of carbonyl (C=O) groups is 2. The van der Waals surface area contributed by atoms with E-state index in [-0.39, 0.29) is 5.78 Å². The number of hydrogen-bond acceptors (Lipinski definition) is 3. The van der Waals surface area contributed by atoms with Gasteiger partial charge in [-0.2, -0.15) is 0 Å². The van der Waals surface area contributed by atoms with E-state index in [0.717, 1.165) is 17.5 Å². The van der Waals surface area contributed by atoms with Crippen molar-refractivity contribution in [3.05, 3.63) is 131 Å². The second-order valence-corrected chi connectivity index (χ2v) is 8.31. The van der Waals surface area contributed by atoms with Gasteiger partial charge in [0.05, 0.1) is 5.69 Å². The Labute approximate surface area is 204 Å². The number of hydrogen-bond donors (Lipinski definition) is 1. The van der Waals surface area contributed by atoms with Gasteiger partial charge in [-0.15, -0.1) is 0 Å². The Kier molecular flexibility index (Phi) is 7.58. The minimum absolute atomic E-state index is 0.0206. The molecule has 1 atom stereocenters. The molecule has 0 amide bonds. The van der Waals surface area contributed by atoms with Crippen molar-refractivity contribution in [3.63, 3.8) is 0 Å². The van der Waals surface area contributed by atoms with Crippen molar-refractivity contribution in [2.24, 2.45) is 0 Å². The summed E-state index contributed by atoms with van der Waals surface area (Å²) in [5.41, 5.74) is 4.56. The fraction of sp³-hybridized carbons (Fsp3) is 0.133. The average molecular weight is 466 g/mol. The Morgan fingerprint density at radius 3 is 2.40 bits per heavy atom. The summed E-state index contributed by atoms with van der Waals surface area (Å²) in [6.07, 6.45) is 5.67. The van der Waals surface area contributed by atoms with Gasteiger partial charge in [0, 0.05) is 18.3 Å². The van der Waals surface area contributed by atoms with Crippen molar-refractivity contribution >= 4 is 17.8 Å². The van der Waals surface area contributed by atoms with Gasteiger partial charge in [-0.1, -0.05) is 78.9 Å².